The van der Waals surface area contributed by atoms with E-state index in [4.69, 9.17) is 0 Å². The Morgan fingerprint density at radius 1 is 0.783 bits per heavy atom. The molecule has 0 spiro atoms. The van der Waals surface area contributed by atoms with Gasteiger partial charge in [-0.1, -0.05) is 36.4 Å². The molecule has 0 heterocycles. The van der Waals surface area contributed by atoms with E-state index in [1.165, 1.54) is 24.3 Å². The lowest BCUT2D eigenvalue weighted by atomic mass is 10.1. The summed E-state index contributed by atoms with van der Waals surface area (Å²) in [4.78, 5) is 23.2. The van der Waals surface area contributed by atoms with Crippen LogP contribution in [0.25, 0.3) is 0 Å². The first-order valence-electron chi connectivity index (χ1n) is 7.11. The number of halogens is 2. The minimum Gasteiger partial charge on any atom is -0.348 e. The second kappa shape index (κ2) is 8.03. The average Bonchev–Trinajstić information content (AvgIpc) is 2.55. The van der Waals surface area contributed by atoms with Crippen LogP contribution in [-0.2, 0) is 22.6 Å². The van der Waals surface area contributed by atoms with Crippen molar-refractivity contribution in [2.24, 2.45) is 0 Å². The summed E-state index contributed by atoms with van der Waals surface area (Å²) in [7, 11) is 0. The summed E-state index contributed by atoms with van der Waals surface area (Å²) in [5.41, 5.74) is 0.750. The van der Waals surface area contributed by atoms with Crippen LogP contribution in [0.5, 0.6) is 0 Å². The first-order chi connectivity index (χ1) is 11.1. The molecule has 2 aromatic rings. The van der Waals surface area contributed by atoms with Gasteiger partial charge >= 0.3 is 11.8 Å². The summed E-state index contributed by atoms with van der Waals surface area (Å²) in [5, 5.41) is 4.73. The maximum Gasteiger partial charge on any atom is 0.309 e. The van der Waals surface area contributed by atoms with Crippen molar-refractivity contribution in [1.29, 1.82) is 0 Å². The molecule has 6 heteroatoms. The van der Waals surface area contributed by atoms with Crippen molar-refractivity contribution in [1.82, 2.24) is 10.6 Å². The minimum atomic E-state index is -0.859. The van der Waals surface area contributed by atoms with Crippen LogP contribution in [0.15, 0.2) is 48.5 Å². The topological polar surface area (TPSA) is 58.2 Å². The standard InChI is InChI=1S/C17H16F2N2O2/c18-14-7-3-1-5-12(14)9-10-20-16(22)17(23)21-11-13-6-2-4-8-15(13)19/h1-8H,9-11H2,(H,20,22)(H,21,23). The van der Waals surface area contributed by atoms with E-state index < -0.39 is 17.6 Å². The molecule has 23 heavy (non-hydrogen) atoms. The van der Waals surface area contributed by atoms with Crippen molar-refractivity contribution in [3.8, 4) is 0 Å². The van der Waals surface area contributed by atoms with Crippen molar-refractivity contribution in [2.75, 3.05) is 6.54 Å². The van der Waals surface area contributed by atoms with Crippen molar-refractivity contribution < 1.29 is 18.4 Å². The molecule has 0 atom stereocenters. The van der Waals surface area contributed by atoms with Crippen LogP contribution in [0.3, 0.4) is 0 Å². The van der Waals surface area contributed by atoms with E-state index in [0.29, 0.717) is 11.1 Å². The van der Waals surface area contributed by atoms with Crippen LogP contribution >= 0.6 is 0 Å². The van der Waals surface area contributed by atoms with Gasteiger partial charge in [0.1, 0.15) is 11.6 Å². The molecule has 2 rings (SSSR count). The maximum absolute atomic E-state index is 13.4. The summed E-state index contributed by atoms with van der Waals surface area (Å²) < 4.78 is 26.8. The summed E-state index contributed by atoms with van der Waals surface area (Å²) in [6, 6.07) is 12.2. The van der Waals surface area contributed by atoms with Crippen molar-refractivity contribution in [3.63, 3.8) is 0 Å². The molecular formula is C17H16F2N2O2. The number of hydrogen-bond donors (Lipinski definition) is 2. The second-order valence-corrected chi connectivity index (χ2v) is 4.87. The van der Waals surface area contributed by atoms with E-state index in [2.05, 4.69) is 10.6 Å². The van der Waals surface area contributed by atoms with Crippen LogP contribution in [-0.4, -0.2) is 18.4 Å². The molecule has 0 fully saturated rings. The molecule has 0 aromatic heterocycles. The molecular weight excluding hydrogens is 302 g/mol. The van der Waals surface area contributed by atoms with E-state index in [1.807, 2.05) is 0 Å². The Hall–Kier alpha value is -2.76. The highest BCUT2D eigenvalue weighted by molar-refractivity contribution is 6.35. The first kappa shape index (κ1) is 16.6. The fourth-order valence-electron chi connectivity index (χ4n) is 1.99. The third kappa shape index (κ3) is 4.88. The fourth-order valence-corrected chi connectivity index (χ4v) is 1.99. The Kier molecular flexibility index (Phi) is 5.80. The molecule has 2 amide bonds. The molecule has 0 unspecified atom stereocenters. The molecule has 0 bridgehead atoms. The summed E-state index contributed by atoms with van der Waals surface area (Å²) in [6.07, 6.45) is 0.277. The predicted octanol–water partition coefficient (Wildman–Crippen LogP) is 1.94. The van der Waals surface area contributed by atoms with Crippen LogP contribution in [0.4, 0.5) is 8.78 Å². The van der Waals surface area contributed by atoms with E-state index in [-0.39, 0.29) is 25.3 Å². The molecule has 0 saturated heterocycles. The quantitative estimate of drug-likeness (QED) is 0.828. The number of hydrogen-bond acceptors (Lipinski definition) is 2. The van der Waals surface area contributed by atoms with Gasteiger partial charge in [-0.3, -0.25) is 9.59 Å². The number of amides is 2. The predicted molar refractivity (Wildman–Crippen MR) is 81.4 cm³/mol. The van der Waals surface area contributed by atoms with E-state index >= 15 is 0 Å². The van der Waals surface area contributed by atoms with E-state index in [9.17, 15) is 18.4 Å². The zero-order valence-corrected chi connectivity index (χ0v) is 12.3. The van der Waals surface area contributed by atoms with Gasteiger partial charge in [-0.2, -0.15) is 0 Å². The number of benzene rings is 2. The number of nitrogens with one attached hydrogen (secondary N) is 2. The third-order valence-corrected chi connectivity index (χ3v) is 3.24. The number of rotatable bonds is 5. The second-order valence-electron chi connectivity index (χ2n) is 4.87. The Labute approximate surface area is 132 Å². The summed E-state index contributed by atoms with van der Waals surface area (Å²) in [6.45, 7) is 0.0547. The van der Waals surface area contributed by atoms with Gasteiger partial charge in [0.05, 0.1) is 0 Å². The fraction of sp³-hybridized carbons (Fsp3) is 0.176. The Balaban J connectivity index is 1.76. The van der Waals surface area contributed by atoms with Gasteiger partial charge in [0, 0.05) is 18.7 Å². The van der Waals surface area contributed by atoms with Crippen LogP contribution in [0.2, 0.25) is 0 Å². The monoisotopic (exact) mass is 318 g/mol. The SMILES string of the molecule is O=C(NCCc1ccccc1F)C(=O)NCc1ccccc1F. The largest absolute Gasteiger partial charge is 0.348 e. The Morgan fingerprint density at radius 3 is 1.91 bits per heavy atom. The molecule has 4 nitrogen and oxygen atoms in total. The van der Waals surface area contributed by atoms with Gasteiger partial charge in [0.15, 0.2) is 0 Å². The van der Waals surface area contributed by atoms with E-state index in [0.717, 1.165) is 0 Å². The highest BCUT2D eigenvalue weighted by Crippen LogP contribution is 2.06. The van der Waals surface area contributed by atoms with Crippen molar-refractivity contribution in [3.05, 3.63) is 71.3 Å². The molecule has 0 aliphatic heterocycles. The zero-order valence-electron chi connectivity index (χ0n) is 12.3. The van der Waals surface area contributed by atoms with Gasteiger partial charge in [-0.05, 0) is 24.1 Å². The molecule has 0 radical (unpaired) electrons. The Morgan fingerprint density at radius 2 is 1.30 bits per heavy atom. The van der Waals surface area contributed by atoms with E-state index in [1.54, 1.807) is 24.3 Å². The molecule has 0 aliphatic carbocycles. The van der Waals surface area contributed by atoms with Gasteiger partial charge in [0.2, 0.25) is 0 Å². The van der Waals surface area contributed by atoms with Crippen LogP contribution < -0.4 is 10.6 Å². The minimum absolute atomic E-state index is 0.0771. The smallest absolute Gasteiger partial charge is 0.309 e. The van der Waals surface area contributed by atoms with Gasteiger partial charge in [-0.15, -0.1) is 0 Å². The lowest BCUT2D eigenvalue weighted by molar-refractivity contribution is -0.139. The van der Waals surface area contributed by atoms with Gasteiger partial charge in [-0.25, -0.2) is 8.78 Å². The van der Waals surface area contributed by atoms with Crippen molar-refractivity contribution in [2.45, 2.75) is 13.0 Å². The zero-order chi connectivity index (χ0) is 16.7. The van der Waals surface area contributed by atoms with Crippen molar-refractivity contribution >= 4 is 11.8 Å². The molecule has 120 valence electrons. The normalized spacial score (nSPS) is 10.2. The van der Waals surface area contributed by atoms with Crippen LogP contribution in [0, 0.1) is 11.6 Å². The van der Waals surface area contributed by atoms with Gasteiger partial charge < -0.3 is 10.6 Å². The number of carbonyl (C=O) groups excluding carboxylic acids is 2. The first-order valence-corrected chi connectivity index (χ1v) is 7.11. The Bertz CT molecular complexity index is 704. The summed E-state index contributed by atoms with van der Waals surface area (Å²) >= 11 is 0. The lowest BCUT2D eigenvalue weighted by Crippen LogP contribution is -2.40. The molecule has 0 aliphatic rings. The molecule has 2 aromatic carbocycles. The third-order valence-electron chi connectivity index (χ3n) is 3.24. The lowest BCUT2D eigenvalue weighted by Gasteiger charge is -2.07. The highest BCUT2D eigenvalue weighted by atomic mass is 19.1. The van der Waals surface area contributed by atoms with Gasteiger partial charge in [0.25, 0.3) is 0 Å². The molecule has 0 saturated carbocycles. The summed E-state index contributed by atoms with van der Waals surface area (Å²) in [5.74, 6) is -2.50. The molecule has 2 N–H and O–H groups in total. The number of carbonyl (C=O) groups is 2. The average molecular weight is 318 g/mol. The van der Waals surface area contributed by atoms with Crippen LogP contribution in [0.1, 0.15) is 11.1 Å². The highest BCUT2D eigenvalue weighted by Gasteiger charge is 2.13. The maximum atomic E-state index is 13.4.